The summed E-state index contributed by atoms with van der Waals surface area (Å²) < 4.78 is 4.91. The van der Waals surface area contributed by atoms with Crippen molar-refractivity contribution < 1.29 is 19.1 Å². The van der Waals surface area contributed by atoms with E-state index in [1.165, 1.54) is 31.2 Å². The molecule has 0 bridgehead atoms. The Labute approximate surface area is 138 Å². The first-order valence-corrected chi connectivity index (χ1v) is 7.08. The highest BCUT2D eigenvalue weighted by atomic mass is 16.5. The Bertz CT molecular complexity index is 802. The summed E-state index contributed by atoms with van der Waals surface area (Å²) in [6.45, 7) is 1.02. The van der Waals surface area contributed by atoms with Gasteiger partial charge in [-0.2, -0.15) is 5.26 Å². The molecule has 24 heavy (non-hydrogen) atoms. The van der Waals surface area contributed by atoms with Gasteiger partial charge < -0.3 is 10.1 Å². The van der Waals surface area contributed by atoms with E-state index in [1.54, 1.807) is 24.3 Å². The molecule has 0 aromatic heterocycles. The van der Waals surface area contributed by atoms with E-state index < -0.39 is 18.5 Å². The van der Waals surface area contributed by atoms with E-state index in [0.29, 0.717) is 16.8 Å². The van der Waals surface area contributed by atoms with Crippen LogP contribution < -0.4 is 5.32 Å². The number of nitriles is 1. The first-order chi connectivity index (χ1) is 11.5. The third-order valence-corrected chi connectivity index (χ3v) is 3.16. The van der Waals surface area contributed by atoms with Crippen LogP contribution in [0, 0.1) is 11.3 Å². The number of esters is 1. The summed E-state index contributed by atoms with van der Waals surface area (Å²) in [4.78, 5) is 34.7. The molecule has 2 rings (SSSR count). The van der Waals surface area contributed by atoms with Crippen LogP contribution in [0.1, 0.15) is 33.2 Å². The molecule has 0 aliphatic carbocycles. The van der Waals surface area contributed by atoms with E-state index in [2.05, 4.69) is 5.32 Å². The number of rotatable bonds is 5. The van der Waals surface area contributed by atoms with Crippen molar-refractivity contribution in [1.82, 2.24) is 0 Å². The summed E-state index contributed by atoms with van der Waals surface area (Å²) in [5.74, 6) is -1.21. The van der Waals surface area contributed by atoms with E-state index >= 15 is 0 Å². The number of hydrogen-bond acceptors (Lipinski definition) is 5. The van der Waals surface area contributed by atoms with Gasteiger partial charge in [-0.3, -0.25) is 9.59 Å². The van der Waals surface area contributed by atoms with E-state index in [0.717, 1.165) is 0 Å². The molecule has 1 amide bonds. The number of Topliss-reactive ketones (excluding diaryl/α,β-unsaturated/α-hetero) is 1. The normalized spacial score (nSPS) is 9.67. The van der Waals surface area contributed by atoms with Gasteiger partial charge in [-0.1, -0.05) is 0 Å². The smallest absolute Gasteiger partial charge is 0.338 e. The van der Waals surface area contributed by atoms with Crippen molar-refractivity contribution in [3.8, 4) is 6.07 Å². The average Bonchev–Trinajstić information content (AvgIpc) is 2.60. The molecule has 0 saturated carbocycles. The van der Waals surface area contributed by atoms with Crippen molar-refractivity contribution in [2.24, 2.45) is 0 Å². The molecule has 0 radical (unpaired) electrons. The highest BCUT2D eigenvalue weighted by molar-refractivity contribution is 5.97. The zero-order chi connectivity index (χ0) is 17.5. The molecule has 0 saturated heterocycles. The molecule has 0 fully saturated rings. The van der Waals surface area contributed by atoms with Crippen molar-refractivity contribution in [1.29, 1.82) is 5.26 Å². The maximum absolute atomic E-state index is 11.8. The van der Waals surface area contributed by atoms with Crippen LogP contribution in [0.2, 0.25) is 0 Å². The predicted molar refractivity (Wildman–Crippen MR) is 86.5 cm³/mol. The summed E-state index contributed by atoms with van der Waals surface area (Å²) >= 11 is 0. The van der Waals surface area contributed by atoms with Gasteiger partial charge in [0.05, 0.1) is 17.2 Å². The Morgan fingerprint density at radius 1 is 1.00 bits per heavy atom. The molecule has 2 aromatic rings. The molecular weight excluding hydrogens is 308 g/mol. The quantitative estimate of drug-likeness (QED) is 0.674. The van der Waals surface area contributed by atoms with Gasteiger partial charge in [0, 0.05) is 11.3 Å². The van der Waals surface area contributed by atoms with Gasteiger partial charge in [-0.25, -0.2) is 4.79 Å². The third-order valence-electron chi connectivity index (χ3n) is 3.16. The first kappa shape index (κ1) is 16.9. The number of anilines is 1. The van der Waals surface area contributed by atoms with Crippen LogP contribution in [-0.4, -0.2) is 24.3 Å². The zero-order valence-electron chi connectivity index (χ0n) is 12.9. The fraction of sp³-hybridized carbons (Fsp3) is 0.111. The maximum Gasteiger partial charge on any atom is 0.338 e. The molecule has 6 heteroatoms. The van der Waals surface area contributed by atoms with E-state index in [4.69, 9.17) is 10.00 Å². The van der Waals surface area contributed by atoms with Crippen LogP contribution >= 0.6 is 0 Å². The largest absolute Gasteiger partial charge is 0.452 e. The van der Waals surface area contributed by atoms with Crippen LogP contribution in [0.3, 0.4) is 0 Å². The number of nitrogens with zero attached hydrogens (tertiary/aromatic N) is 1. The zero-order valence-corrected chi connectivity index (χ0v) is 12.9. The molecule has 6 nitrogen and oxygen atoms in total. The molecule has 0 spiro atoms. The molecule has 0 unspecified atom stereocenters. The molecule has 0 aliphatic rings. The Morgan fingerprint density at radius 2 is 1.58 bits per heavy atom. The van der Waals surface area contributed by atoms with Crippen molar-refractivity contribution in [2.45, 2.75) is 6.92 Å². The van der Waals surface area contributed by atoms with Crippen molar-refractivity contribution in [3.05, 3.63) is 65.2 Å². The van der Waals surface area contributed by atoms with Gasteiger partial charge in [0.15, 0.2) is 12.4 Å². The Morgan fingerprint density at radius 3 is 2.12 bits per heavy atom. The summed E-state index contributed by atoms with van der Waals surface area (Å²) in [6, 6.07) is 14.2. The number of ether oxygens (including phenoxy) is 1. The second-order valence-electron chi connectivity index (χ2n) is 4.95. The molecule has 0 heterocycles. The van der Waals surface area contributed by atoms with Crippen LogP contribution in [0.4, 0.5) is 5.69 Å². The molecular formula is C18H14N2O4. The lowest BCUT2D eigenvalue weighted by molar-refractivity contribution is -0.119. The van der Waals surface area contributed by atoms with Crippen molar-refractivity contribution >= 4 is 23.3 Å². The van der Waals surface area contributed by atoms with E-state index in [-0.39, 0.29) is 11.3 Å². The van der Waals surface area contributed by atoms with Gasteiger partial charge in [-0.15, -0.1) is 0 Å². The second kappa shape index (κ2) is 7.70. The number of hydrogen-bond donors (Lipinski definition) is 1. The Kier molecular flexibility index (Phi) is 5.42. The number of nitrogens with one attached hydrogen (secondary N) is 1. The number of carbonyl (C=O) groups is 3. The minimum absolute atomic E-state index is 0.0655. The first-order valence-electron chi connectivity index (χ1n) is 7.08. The van der Waals surface area contributed by atoms with Crippen LogP contribution in [-0.2, 0) is 9.53 Å². The third kappa shape index (κ3) is 4.52. The fourth-order valence-corrected chi connectivity index (χ4v) is 1.88. The van der Waals surface area contributed by atoms with Crippen LogP contribution in [0.25, 0.3) is 0 Å². The standard InChI is InChI=1S/C18H14N2O4/c1-12(21)14-6-8-16(9-7-14)20-17(22)11-24-18(23)15-4-2-13(10-19)3-5-15/h2-9H,11H2,1H3,(H,20,22). The Balaban J connectivity index is 1.87. The predicted octanol–water partition coefficient (Wildman–Crippen LogP) is 2.56. The molecule has 120 valence electrons. The Hall–Kier alpha value is -3.46. The minimum atomic E-state index is -0.651. The van der Waals surface area contributed by atoms with E-state index in [1.807, 2.05) is 6.07 Å². The molecule has 1 N–H and O–H groups in total. The van der Waals surface area contributed by atoms with Gasteiger partial charge in [0.1, 0.15) is 0 Å². The second-order valence-corrected chi connectivity index (χ2v) is 4.95. The lowest BCUT2D eigenvalue weighted by Crippen LogP contribution is -2.20. The summed E-state index contributed by atoms with van der Waals surface area (Å²) in [5, 5.41) is 11.3. The van der Waals surface area contributed by atoms with Crippen LogP contribution in [0.15, 0.2) is 48.5 Å². The molecule has 2 aromatic carbocycles. The molecule has 0 atom stereocenters. The lowest BCUT2D eigenvalue weighted by atomic mass is 10.1. The fourth-order valence-electron chi connectivity index (χ4n) is 1.88. The number of amides is 1. The van der Waals surface area contributed by atoms with Gasteiger partial charge in [0.2, 0.25) is 0 Å². The number of ketones is 1. The lowest BCUT2D eigenvalue weighted by Gasteiger charge is -2.07. The number of benzene rings is 2. The topological polar surface area (TPSA) is 96.3 Å². The van der Waals surface area contributed by atoms with Crippen molar-refractivity contribution in [2.75, 3.05) is 11.9 Å². The molecule has 0 aliphatic heterocycles. The van der Waals surface area contributed by atoms with Gasteiger partial charge in [-0.05, 0) is 55.5 Å². The highest BCUT2D eigenvalue weighted by Gasteiger charge is 2.10. The monoisotopic (exact) mass is 322 g/mol. The average molecular weight is 322 g/mol. The number of carbonyl (C=O) groups excluding carboxylic acids is 3. The van der Waals surface area contributed by atoms with E-state index in [9.17, 15) is 14.4 Å². The van der Waals surface area contributed by atoms with Crippen LogP contribution in [0.5, 0.6) is 0 Å². The maximum atomic E-state index is 11.8. The summed E-state index contributed by atoms with van der Waals surface area (Å²) in [6.07, 6.45) is 0. The summed E-state index contributed by atoms with van der Waals surface area (Å²) in [7, 11) is 0. The minimum Gasteiger partial charge on any atom is -0.452 e. The highest BCUT2D eigenvalue weighted by Crippen LogP contribution is 2.10. The summed E-state index contributed by atoms with van der Waals surface area (Å²) in [5.41, 5.74) is 1.73. The van der Waals surface area contributed by atoms with Gasteiger partial charge in [0.25, 0.3) is 5.91 Å². The van der Waals surface area contributed by atoms with Gasteiger partial charge >= 0.3 is 5.97 Å². The SMILES string of the molecule is CC(=O)c1ccc(NC(=O)COC(=O)c2ccc(C#N)cc2)cc1. The van der Waals surface area contributed by atoms with Crippen molar-refractivity contribution in [3.63, 3.8) is 0 Å².